The van der Waals surface area contributed by atoms with Gasteiger partial charge in [-0.05, 0) is 19.3 Å². The highest BCUT2D eigenvalue weighted by molar-refractivity contribution is 5.81. The molecule has 0 bridgehead atoms. The van der Waals surface area contributed by atoms with Crippen LogP contribution in [-0.2, 0) is 9.53 Å². The Morgan fingerprint density at radius 3 is 2.75 bits per heavy atom. The monoisotopic (exact) mass is 227 g/mol. The average molecular weight is 227 g/mol. The number of nitrogens with one attached hydrogen (secondary N) is 1. The van der Waals surface area contributed by atoms with Crippen molar-refractivity contribution in [1.82, 2.24) is 5.32 Å². The first-order valence-corrected chi connectivity index (χ1v) is 6.68. The van der Waals surface area contributed by atoms with Gasteiger partial charge in [0.25, 0.3) is 0 Å². The third kappa shape index (κ3) is 4.97. The Kier molecular flexibility index (Phi) is 6.46. The molecule has 1 aliphatic rings. The van der Waals surface area contributed by atoms with Gasteiger partial charge in [0, 0.05) is 13.2 Å². The van der Waals surface area contributed by atoms with E-state index in [2.05, 4.69) is 19.2 Å². The highest BCUT2D eigenvalue weighted by atomic mass is 16.5. The first kappa shape index (κ1) is 13.5. The lowest BCUT2D eigenvalue weighted by Crippen LogP contribution is -2.27. The summed E-state index contributed by atoms with van der Waals surface area (Å²) in [5.74, 6) is 0.329. The van der Waals surface area contributed by atoms with Crippen LogP contribution in [0.25, 0.3) is 0 Å². The Hall–Kier alpha value is -0.570. The van der Waals surface area contributed by atoms with Gasteiger partial charge in [-0.25, -0.2) is 0 Å². The number of hydrogen-bond acceptors (Lipinski definition) is 2. The van der Waals surface area contributed by atoms with Crippen LogP contribution in [0, 0.1) is 5.92 Å². The van der Waals surface area contributed by atoms with Crippen LogP contribution < -0.4 is 5.32 Å². The summed E-state index contributed by atoms with van der Waals surface area (Å²) in [4.78, 5) is 11.6. The molecule has 0 aromatic heterocycles. The lowest BCUT2D eigenvalue weighted by atomic mass is 10.2. The third-order valence-corrected chi connectivity index (χ3v) is 2.93. The van der Waals surface area contributed by atoms with E-state index < -0.39 is 0 Å². The predicted octanol–water partition coefficient (Wildman–Crippen LogP) is 2.50. The number of carbonyl (C=O) groups excluding carboxylic acids is 1. The molecule has 94 valence electrons. The summed E-state index contributed by atoms with van der Waals surface area (Å²) in [5, 5.41) is 2.99. The van der Waals surface area contributed by atoms with Gasteiger partial charge in [-0.1, -0.05) is 33.1 Å². The van der Waals surface area contributed by atoms with Gasteiger partial charge in [-0.3, -0.25) is 4.79 Å². The van der Waals surface area contributed by atoms with E-state index in [4.69, 9.17) is 4.74 Å². The second kappa shape index (κ2) is 7.66. The van der Waals surface area contributed by atoms with Crippen molar-refractivity contribution in [2.75, 3.05) is 13.2 Å². The Bertz CT molecular complexity index is 206. The summed E-state index contributed by atoms with van der Waals surface area (Å²) in [6.07, 6.45) is 6.98. The van der Waals surface area contributed by atoms with Crippen LogP contribution in [0.1, 0.15) is 52.4 Å². The summed E-state index contributed by atoms with van der Waals surface area (Å²) in [6, 6.07) is 0. The van der Waals surface area contributed by atoms with E-state index in [-0.39, 0.29) is 17.9 Å². The molecule has 1 rings (SSSR count). The van der Waals surface area contributed by atoms with Gasteiger partial charge in [-0.2, -0.15) is 0 Å². The lowest BCUT2D eigenvalue weighted by molar-refractivity contribution is -0.123. The third-order valence-electron chi connectivity index (χ3n) is 2.93. The van der Waals surface area contributed by atoms with Gasteiger partial charge >= 0.3 is 0 Å². The van der Waals surface area contributed by atoms with Crippen molar-refractivity contribution in [3.63, 3.8) is 0 Å². The molecule has 2 atom stereocenters. The topological polar surface area (TPSA) is 38.3 Å². The quantitative estimate of drug-likeness (QED) is 0.615. The lowest BCUT2D eigenvalue weighted by Gasteiger charge is -2.04. The molecule has 0 aromatic carbocycles. The number of hydrogen-bond donors (Lipinski definition) is 1. The Balaban J connectivity index is 1.96. The number of carbonyl (C=O) groups is 1. The van der Waals surface area contributed by atoms with Gasteiger partial charge in [0.15, 0.2) is 0 Å². The minimum Gasteiger partial charge on any atom is -0.377 e. The zero-order valence-electron chi connectivity index (χ0n) is 10.6. The van der Waals surface area contributed by atoms with Crippen LogP contribution >= 0.6 is 0 Å². The minimum atomic E-state index is 0.137. The molecule has 1 N–H and O–H groups in total. The van der Waals surface area contributed by atoms with Crippen LogP contribution in [0.3, 0.4) is 0 Å². The van der Waals surface area contributed by atoms with Crippen molar-refractivity contribution >= 4 is 5.91 Å². The van der Waals surface area contributed by atoms with Crippen molar-refractivity contribution in [3.05, 3.63) is 0 Å². The molecule has 1 fully saturated rings. The highest BCUT2D eigenvalue weighted by Gasteiger charge is 2.43. The maximum absolute atomic E-state index is 11.6. The number of ether oxygens (including phenoxy) is 1. The fraction of sp³-hybridized carbons (Fsp3) is 0.923. The molecule has 1 saturated carbocycles. The zero-order valence-corrected chi connectivity index (χ0v) is 10.6. The van der Waals surface area contributed by atoms with E-state index >= 15 is 0 Å². The smallest absolute Gasteiger partial charge is 0.225 e. The molecule has 1 amide bonds. The van der Waals surface area contributed by atoms with Gasteiger partial charge < -0.3 is 10.1 Å². The van der Waals surface area contributed by atoms with Gasteiger partial charge in [-0.15, -0.1) is 0 Å². The number of rotatable bonds is 9. The molecule has 3 nitrogen and oxygen atoms in total. The molecule has 1 aliphatic carbocycles. The molecule has 0 radical (unpaired) electrons. The van der Waals surface area contributed by atoms with Crippen molar-refractivity contribution in [1.29, 1.82) is 0 Å². The van der Waals surface area contributed by atoms with Crippen LogP contribution in [0.5, 0.6) is 0 Å². The van der Waals surface area contributed by atoms with Crippen LogP contribution in [0.15, 0.2) is 0 Å². The van der Waals surface area contributed by atoms with E-state index in [0.717, 1.165) is 32.4 Å². The van der Waals surface area contributed by atoms with Gasteiger partial charge in [0.2, 0.25) is 5.91 Å². The summed E-state index contributed by atoms with van der Waals surface area (Å²) in [7, 11) is 0. The normalized spacial score (nSPS) is 23.1. The molecule has 0 spiro atoms. The fourth-order valence-corrected chi connectivity index (χ4v) is 1.80. The summed E-state index contributed by atoms with van der Waals surface area (Å²) >= 11 is 0. The maximum Gasteiger partial charge on any atom is 0.225 e. The van der Waals surface area contributed by atoms with Gasteiger partial charge in [0.1, 0.15) is 0 Å². The molecule has 0 aliphatic heterocycles. The van der Waals surface area contributed by atoms with Crippen molar-refractivity contribution in [2.24, 2.45) is 5.92 Å². The van der Waals surface area contributed by atoms with Crippen molar-refractivity contribution in [2.45, 2.75) is 58.5 Å². The van der Waals surface area contributed by atoms with E-state index in [1.54, 1.807) is 0 Å². The largest absolute Gasteiger partial charge is 0.377 e. The number of unbranched alkanes of at least 4 members (excludes halogenated alkanes) is 3. The molecule has 0 saturated heterocycles. The van der Waals surface area contributed by atoms with Crippen LogP contribution in [0.2, 0.25) is 0 Å². The predicted molar refractivity (Wildman–Crippen MR) is 65.3 cm³/mol. The second-order valence-electron chi connectivity index (χ2n) is 4.60. The molecule has 16 heavy (non-hydrogen) atoms. The SMILES string of the molecule is CCCCCCNC(=O)[C@H]1C[C@H]1OCCC. The molecule has 0 heterocycles. The standard InChI is InChI=1S/C13H25NO2/c1-3-5-6-7-8-14-13(15)11-10-12(11)16-9-4-2/h11-12H,3-10H2,1-2H3,(H,14,15)/t11-,12+/m0/s1. The second-order valence-corrected chi connectivity index (χ2v) is 4.60. The van der Waals surface area contributed by atoms with Gasteiger partial charge in [0.05, 0.1) is 12.0 Å². The minimum absolute atomic E-state index is 0.137. The molecule has 0 aromatic rings. The zero-order chi connectivity index (χ0) is 11.8. The summed E-state index contributed by atoms with van der Waals surface area (Å²) < 4.78 is 5.52. The average Bonchev–Trinajstić information content (AvgIpc) is 3.05. The van der Waals surface area contributed by atoms with E-state index in [1.165, 1.54) is 19.3 Å². The highest BCUT2D eigenvalue weighted by Crippen LogP contribution is 2.33. The maximum atomic E-state index is 11.6. The summed E-state index contributed by atoms with van der Waals surface area (Å²) in [6.45, 7) is 5.89. The molecular formula is C13H25NO2. The van der Waals surface area contributed by atoms with Crippen molar-refractivity contribution in [3.8, 4) is 0 Å². The number of amides is 1. The Morgan fingerprint density at radius 1 is 1.25 bits per heavy atom. The molecule has 0 unspecified atom stereocenters. The van der Waals surface area contributed by atoms with E-state index in [0.29, 0.717) is 0 Å². The molecular weight excluding hydrogens is 202 g/mol. The fourth-order valence-electron chi connectivity index (χ4n) is 1.80. The Morgan fingerprint density at radius 2 is 2.06 bits per heavy atom. The summed E-state index contributed by atoms with van der Waals surface area (Å²) in [5.41, 5.74) is 0. The first-order valence-electron chi connectivity index (χ1n) is 6.68. The van der Waals surface area contributed by atoms with E-state index in [9.17, 15) is 4.79 Å². The van der Waals surface area contributed by atoms with Crippen LogP contribution in [-0.4, -0.2) is 25.2 Å². The van der Waals surface area contributed by atoms with E-state index in [1.807, 2.05) is 0 Å². The first-order chi connectivity index (χ1) is 7.79. The molecule has 3 heteroatoms. The van der Waals surface area contributed by atoms with Crippen molar-refractivity contribution < 1.29 is 9.53 Å². The Labute approximate surface area is 98.9 Å². The van der Waals surface area contributed by atoms with Crippen LogP contribution in [0.4, 0.5) is 0 Å².